The molecular formula is C29H31FN4O4S. The highest BCUT2D eigenvalue weighted by atomic mass is 32.2. The topological polar surface area (TPSA) is 115 Å². The molecule has 6 rings (SSSR count). The number of amides is 1. The molecule has 2 bridgehead atoms. The number of hydrogen-bond acceptors (Lipinski definition) is 6. The summed E-state index contributed by atoms with van der Waals surface area (Å²) in [5.74, 6) is 5.86. The normalized spacial score (nSPS) is 20.5. The van der Waals surface area contributed by atoms with Crippen molar-refractivity contribution in [3.05, 3.63) is 82.9 Å². The molecule has 1 aromatic heterocycles. The lowest BCUT2D eigenvalue weighted by Crippen LogP contribution is -2.57. The molecule has 2 unspecified atom stereocenters. The fourth-order valence-electron chi connectivity index (χ4n) is 5.52. The van der Waals surface area contributed by atoms with Gasteiger partial charge in [0.15, 0.2) is 9.84 Å². The van der Waals surface area contributed by atoms with E-state index in [0.29, 0.717) is 42.6 Å². The van der Waals surface area contributed by atoms with Gasteiger partial charge in [-0.3, -0.25) is 14.8 Å². The number of carbonyl (C=O) groups excluding carboxylic acids is 1. The van der Waals surface area contributed by atoms with Crippen molar-refractivity contribution in [1.29, 1.82) is 0 Å². The van der Waals surface area contributed by atoms with E-state index in [1.165, 1.54) is 42.5 Å². The Balaban J connectivity index is 1.34. The van der Waals surface area contributed by atoms with Crippen molar-refractivity contribution >= 4 is 15.7 Å². The average molecular weight is 551 g/mol. The number of benzene rings is 2. The van der Waals surface area contributed by atoms with Gasteiger partial charge in [-0.15, -0.1) is 0 Å². The highest BCUT2D eigenvalue weighted by Crippen LogP contribution is 2.45. The first kappa shape index (κ1) is 27.1. The van der Waals surface area contributed by atoms with E-state index in [1.807, 2.05) is 11.1 Å². The van der Waals surface area contributed by atoms with Crippen molar-refractivity contribution in [2.45, 2.75) is 24.2 Å². The summed E-state index contributed by atoms with van der Waals surface area (Å²) >= 11 is 0. The second-order valence-corrected chi connectivity index (χ2v) is 12.2. The molecule has 204 valence electrons. The molecular weight excluding hydrogens is 519 g/mol. The molecule has 0 radical (unpaired) electrons. The Kier molecular flexibility index (Phi) is 8.12. The zero-order chi connectivity index (χ0) is 27.4. The maximum Gasteiger partial charge on any atom is 0.251 e. The van der Waals surface area contributed by atoms with Gasteiger partial charge in [0.25, 0.3) is 5.91 Å². The summed E-state index contributed by atoms with van der Waals surface area (Å²) in [6, 6.07) is 10.1. The number of piperidine rings is 2. The Morgan fingerprint density at radius 2 is 1.92 bits per heavy atom. The monoisotopic (exact) mass is 550 g/mol. The molecule has 3 heterocycles. The predicted octanol–water partition coefficient (Wildman–Crippen LogP) is 2.60. The second-order valence-electron chi connectivity index (χ2n) is 10.3. The van der Waals surface area contributed by atoms with Crippen molar-refractivity contribution in [2.24, 2.45) is 17.8 Å². The molecule has 2 atom stereocenters. The predicted molar refractivity (Wildman–Crippen MR) is 144 cm³/mol. The van der Waals surface area contributed by atoms with Crippen LogP contribution in [0.2, 0.25) is 0 Å². The van der Waals surface area contributed by atoms with E-state index in [1.54, 1.807) is 6.20 Å². The fourth-order valence-corrected chi connectivity index (χ4v) is 7.07. The third-order valence-corrected chi connectivity index (χ3v) is 9.34. The van der Waals surface area contributed by atoms with Gasteiger partial charge in [-0.1, -0.05) is 11.8 Å². The van der Waals surface area contributed by atoms with Gasteiger partial charge in [0.1, 0.15) is 11.7 Å². The van der Waals surface area contributed by atoms with Gasteiger partial charge in [0, 0.05) is 49.1 Å². The highest BCUT2D eigenvalue weighted by molar-refractivity contribution is 7.91. The number of nitrogens with zero attached hydrogens (tertiary/aromatic N) is 2. The molecule has 39 heavy (non-hydrogen) atoms. The van der Waals surface area contributed by atoms with E-state index in [-0.39, 0.29) is 34.8 Å². The molecule has 3 aromatic rings. The molecule has 2 saturated heterocycles. The SMILES string of the molecule is O=C(NCCCc1cn[nH]c1)c1ccc(S(=O)(=O)CN2CC3CC(C2)C3CO)c(C#Cc2ccc(F)cc2)c1. The van der Waals surface area contributed by atoms with Gasteiger partial charge in [-0.05, 0) is 85.0 Å². The Labute approximate surface area is 227 Å². The van der Waals surface area contributed by atoms with Crippen LogP contribution in [0.4, 0.5) is 4.39 Å². The zero-order valence-electron chi connectivity index (χ0n) is 21.4. The zero-order valence-corrected chi connectivity index (χ0v) is 22.3. The number of aromatic nitrogens is 2. The minimum atomic E-state index is -3.76. The van der Waals surface area contributed by atoms with Crippen LogP contribution in [0, 0.1) is 35.4 Å². The summed E-state index contributed by atoms with van der Waals surface area (Å²) in [4.78, 5) is 14.8. The van der Waals surface area contributed by atoms with Gasteiger partial charge in [0.05, 0.1) is 11.1 Å². The summed E-state index contributed by atoms with van der Waals surface area (Å²) in [6.45, 7) is 1.87. The van der Waals surface area contributed by atoms with E-state index in [4.69, 9.17) is 0 Å². The lowest BCUT2D eigenvalue weighted by Gasteiger charge is -2.53. The van der Waals surface area contributed by atoms with Gasteiger partial charge < -0.3 is 10.4 Å². The third kappa shape index (κ3) is 6.38. The molecule has 0 spiro atoms. The van der Waals surface area contributed by atoms with Crippen LogP contribution in [0.5, 0.6) is 0 Å². The first-order valence-corrected chi connectivity index (χ1v) is 14.7. The number of aromatic amines is 1. The van der Waals surface area contributed by atoms with Gasteiger partial charge >= 0.3 is 0 Å². The Morgan fingerprint density at radius 1 is 1.15 bits per heavy atom. The number of H-pyrrole nitrogens is 1. The number of fused-ring (bicyclic) bond motifs is 2. The van der Waals surface area contributed by atoms with Crippen molar-refractivity contribution in [2.75, 3.05) is 32.1 Å². The summed E-state index contributed by atoms with van der Waals surface area (Å²) < 4.78 is 40.4. The first-order valence-electron chi connectivity index (χ1n) is 13.1. The van der Waals surface area contributed by atoms with Crippen LogP contribution in [-0.2, 0) is 16.3 Å². The highest BCUT2D eigenvalue weighted by Gasteiger charge is 2.46. The smallest absolute Gasteiger partial charge is 0.251 e. The van der Waals surface area contributed by atoms with E-state index < -0.39 is 15.7 Å². The molecule has 3 aliphatic rings. The number of aliphatic hydroxyl groups excluding tert-OH is 1. The number of aryl methyl sites for hydroxylation is 1. The van der Waals surface area contributed by atoms with Crippen molar-refractivity contribution in [3.63, 3.8) is 0 Å². The summed E-state index contributed by atoms with van der Waals surface area (Å²) in [5, 5.41) is 19.1. The molecule has 10 heteroatoms. The Morgan fingerprint density at radius 3 is 2.62 bits per heavy atom. The maximum absolute atomic E-state index is 13.5. The Bertz CT molecular complexity index is 1470. The van der Waals surface area contributed by atoms with Crippen LogP contribution in [-0.4, -0.2) is 66.6 Å². The fraction of sp³-hybridized carbons (Fsp3) is 0.379. The molecule has 8 nitrogen and oxygen atoms in total. The van der Waals surface area contributed by atoms with Crippen LogP contribution in [0.3, 0.4) is 0 Å². The standard InChI is InChI=1S/C29H31FN4O4S/c30-26-8-4-20(5-9-26)3-6-22-12-23(29(36)31-11-1-2-21-14-32-33-15-21)7-10-28(22)39(37,38)19-34-16-24-13-25(17-34)27(24)18-35/h4-5,7-10,12,14-15,24-25,27,35H,1-2,11,13,16-19H2,(H,31,36)(H,32,33). The Hall–Kier alpha value is -3.52. The average Bonchev–Trinajstić information content (AvgIpc) is 3.44. The third-order valence-electron chi connectivity index (χ3n) is 7.61. The van der Waals surface area contributed by atoms with Crippen molar-refractivity contribution in [3.8, 4) is 11.8 Å². The van der Waals surface area contributed by atoms with E-state index in [9.17, 15) is 22.7 Å². The van der Waals surface area contributed by atoms with Gasteiger partial charge in [0.2, 0.25) is 0 Å². The molecule has 2 aromatic carbocycles. The number of nitrogens with one attached hydrogen (secondary N) is 2. The lowest BCUT2D eigenvalue weighted by atomic mass is 9.62. The van der Waals surface area contributed by atoms with E-state index >= 15 is 0 Å². The lowest BCUT2D eigenvalue weighted by molar-refractivity contribution is -0.0613. The number of halogens is 1. The molecule has 3 fully saturated rings. The molecule has 1 amide bonds. The minimum absolute atomic E-state index is 0.0616. The number of aliphatic hydroxyl groups is 1. The molecule has 3 N–H and O–H groups in total. The van der Waals surface area contributed by atoms with E-state index in [0.717, 1.165) is 24.8 Å². The van der Waals surface area contributed by atoms with Crippen LogP contribution >= 0.6 is 0 Å². The number of rotatable bonds is 9. The van der Waals surface area contributed by atoms with Crippen molar-refractivity contribution < 1.29 is 22.7 Å². The molecule has 2 aliphatic heterocycles. The van der Waals surface area contributed by atoms with Crippen LogP contribution < -0.4 is 5.32 Å². The van der Waals surface area contributed by atoms with Gasteiger partial charge in [-0.25, -0.2) is 12.8 Å². The quantitative estimate of drug-likeness (QED) is 0.279. The van der Waals surface area contributed by atoms with Crippen molar-refractivity contribution in [1.82, 2.24) is 20.4 Å². The second kappa shape index (κ2) is 11.7. The van der Waals surface area contributed by atoms with Gasteiger partial charge in [-0.2, -0.15) is 5.10 Å². The number of hydrogen-bond donors (Lipinski definition) is 3. The van der Waals surface area contributed by atoms with Crippen LogP contribution in [0.15, 0.2) is 59.8 Å². The summed E-state index contributed by atoms with van der Waals surface area (Å²) in [5.41, 5.74) is 2.11. The number of sulfone groups is 1. The van der Waals surface area contributed by atoms with Crippen LogP contribution in [0.1, 0.15) is 39.9 Å². The largest absolute Gasteiger partial charge is 0.396 e. The summed E-state index contributed by atoms with van der Waals surface area (Å²) in [6.07, 6.45) is 6.07. The first-order chi connectivity index (χ1) is 18.8. The van der Waals surface area contributed by atoms with Crippen LogP contribution in [0.25, 0.3) is 0 Å². The summed E-state index contributed by atoms with van der Waals surface area (Å²) in [7, 11) is -3.76. The minimum Gasteiger partial charge on any atom is -0.396 e. The maximum atomic E-state index is 13.5. The number of carbonyl (C=O) groups is 1. The molecule has 1 saturated carbocycles. The van der Waals surface area contributed by atoms with E-state index in [2.05, 4.69) is 27.4 Å². The molecule has 1 aliphatic carbocycles.